The Morgan fingerprint density at radius 3 is 2.85 bits per heavy atom. The number of rotatable bonds is 5. The molecule has 1 unspecified atom stereocenters. The highest BCUT2D eigenvalue weighted by Crippen LogP contribution is 2.39. The number of esters is 1. The lowest BCUT2D eigenvalue weighted by atomic mass is 10.1. The molecule has 1 aliphatic carbocycles. The van der Waals surface area contributed by atoms with Crippen LogP contribution in [0.25, 0.3) is 0 Å². The van der Waals surface area contributed by atoms with Crippen molar-refractivity contribution in [3.8, 4) is 0 Å². The van der Waals surface area contributed by atoms with Gasteiger partial charge in [-0.05, 0) is 31.2 Å². The number of nitrogens with two attached hydrogens (primary N) is 1. The Kier molecular flexibility index (Phi) is 4.77. The van der Waals surface area contributed by atoms with Crippen LogP contribution in [0.4, 0.5) is 5.00 Å². The number of ether oxygens (including phenoxy) is 1. The van der Waals surface area contributed by atoms with E-state index in [2.05, 4.69) is 5.32 Å². The quantitative estimate of drug-likeness (QED) is 0.815. The summed E-state index contributed by atoms with van der Waals surface area (Å²) in [6.07, 6.45) is 4.35. The highest BCUT2D eigenvalue weighted by molar-refractivity contribution is 7.17. The molecule has 0 saturated carbocycles. The largest absolute Gasteiger partial charge is 0.465 e. The Bertz CT molecular complexity index is 525. The maximum atomic E-state index is 12.0. The van der Waals surface area contributed by atoms with Crippen molar-refractivity contribution in [2.45, 2.75) is 45.1 Å². The average molecular weight is 296 g/mol. The van der Waals surface area contributed by atoms with Crippen LogP contribution in [0.1, 0.15) is 47.0 Å². The molecule has 0 radical (unpaired) electrons. The molecule has 0 spiro atoms. The Hall–Kier alpha value is -1.40. The Morgan fingerprint density at radius 2 is 2.20 bits per heavy atom. The van der Waals surface area contributed by atoms with Gasteiger partial charge in [0.15, 0.2) is 0 Å². The third-order valence-corrected chi connectivity index (χ3v) is 4.69. The zero-order valence-corrected chi connectivity index (χ0v) is 12.6. The summed E-state index contributed by atoms with van der Waals surface area (Å²) in [4.78, 5) is 25.1. The first-order chi connectivity index (χ1) is 9.58. The lowest BCUT2D eigenvalue weighted by Crippen LogP contribution is -2.35. The number of carbonyl (C=O) groups excluding carboxylic acids is 2. The summed E-state index contributed by atoms with van der Waals surface area (Å²) in [6.45, 7) is 1.98. The highest BCUT2D eigenvalue weighted by atomic mass is 32.1. The number of methoxy groups -OCH3 is 1. The van der Waals surface area contributed by atoms with Gasteiger partial charge in [-0.1, -0.05) is 13.3 Å². The zero-order valence-electron chi connectivity index (χ0n) is 11.8. The second kappa shape index (κ2) is 6.37. The minimum atomic E-state index is -0.539. The average Bonchev–Trinajstić information content (AvgIpc) is 2.98. The van der Waals surface area contributed by atoms with Gasteiger partial charge in [0.2, 0.25) is 5.91 Å². The molecule has 1 amide bonds. The molecule has 5 nitrogen and oxygen atoms in total. The maximum absolute atomic E-state index is 12.0. The number of fused-ring (bicyclic) bond motifs is 1. The summed E-state index contributed by atoms with van der Waals surface area (Å²) >= 11 is 1.47. The Balaban J connectivity index is 2.24. The second-order valence-corrected chi connectivity index (χ2v) is 6.04. The van der Waals surface area contributed by atoms with E-state index in [1.807, 2.05) is 6.92 Å². The van der Waals surface area contributed by atoms with E-state index in [0.717, 1.165) is 31.2 Å². The molecule has 6 heteroatoms. The summed E-state index contributed by atoms with van der Waals surface area (Å²) in [7, 11) is 1.36. The molecule has 1 aliphatic rings. The molecule has 1 aromatic heterocycles. The first-order valence-corrected chi connectivity index (χ1v) is 7.69. The number of aryl methyl sites for hydroxylation is 1. The predicted octanol–water partition coefficient (Wildman–Crippen LogP) is 2.09. The molecule has 0 bridgehead atoms. The summed E-state index contributed by atoms with van der Waals surface area (Å²) < 4.78 is 4.84. The topological polar surface area (TPSA) is 81.4 Å². The minimum absolute atomic E-state index is 0.239. The molecule has 1 heterocycles. The van der Waals surface area contributed by atoms with Crippen LogP contribution in [0.2, 0.25) is 0 Å². The van der Waals surface area contributed by atoms with Gasteiger partial charge in [-0.2, -0.15) is 0 Å². The van der Waals surface area contributed by atoms with Crippen molar-refractivity contribution in [3.63, 3.8) is 0 Å². The van der Waals surface area contributed by atoms with E-state index in [-0.39, 0.29) is 11.9 Å². The summed E-state index contributed by atoms with van der Waals surface area (Å²) in [5.74, 6) is -0.624. The van der Waals surface area contributed by atoms with Gasteiger partial charge in [0.1, 0.15) is 5.00 Å². The van der Waals surface area contributed by atoms with E-state index in [1.54, 1.807) is 0 Å². The van der Waals surface area contributed by atoms with Crippen LogP contribution in [0, 0.1) is 0 Å². The van der Waals surface area contributed by atoms with Gasteiger partial charge in [-0.15, -0.1) is 11.3 Å². The van der Waals surface area contributed by atoms with Crippen molar-refractivity contribution in [1.29, 1.82) is 0 Å². The number of anilines is 1. The van der Waals surface area contributed by atoms with E-state index in [9.17, 15) is 9.59 Å². The second-order valence-electron chi connectivity index (χ2n) is 4.94. The van der Waals surface area contributed by atoms with Gasteiger partial charge in [0, 0.05) is 4.88 Å². The number of nitrogens with one attached hydrogen (secondary N) is 1. The molecular formula is C14H20N2O3S. The van der Waals surface area contributed by atoms with E-state index >= 15 is 0 Å². The Morgan fingerprint density at radius 1 is 1.45 bits per heavy atom. The third-order valence-electron chi connectivity index (χ3n) is 3.48. The molecule has 0 saturated heterocycles. The number of hydrogen-bond acceptors (Lipinski definition) is 5. The molecule has 20 heavy (non-hydrogen) atoms. The normalized spacial score (nSPS) is 14.8. The van der Waals surface area contributed by atoms with E-state index in [4.69, 9.17) is 10.5 Å². The van der Waals surface area contributed by atoms with Crippen molar-refractivity contribution in [1.82, 2.24) is 0 Å². The van der Waals surface area contributed by atoms with Gasteiger partial charge in [-0.3, -0.25) is 4.79 Å². The number of amides is 1. The van der Waals surface area contributed by atoms with Crippen molar-refractivity contribution < 1.29 is 14.3 Å². The molecule has 2 rings (SSSR count). The molecule has 110 valence electrons. The summed E-state index contributed by atoms with van der Waals surface area (Å²) in [5.41, 5.74) is 7.35. The smallest absolute Gasteiger partial charge is 0.341 e. The fraction of sp³-hybridized carbons (Fsp3) is 0.571. The summed E-state index contributed by atoms with van der Waals surface area (Å²) in [5, 5.41) is 3.38. The minimum Gasteiger partial charge on any atom is -0.465 e. The van der Waals surface area contributed by atoms with Gasteiger partial charge in [0.05, 0.1) is 18.7 Å². The van der Waals surface area contributed by atoms with Crippen LogP contribution in [0.15, 0.2) is 0 Å². The van der Waals surface area contributed by atoms with Gasteiger partial charge < -0.3 is 15.8 Å². The molecule has 1 atom stereocenters. The first-order valence-electron chi connectivity index (χ1n) is 6.87. The zero-order chi connectivity index (χ0) is 14.7. The molecular weight excluding hydrogens is 276 g/mol. The van der Waals surface area contributed by atoms with Crippen LogP contribution in [-0.4, -0.2) is 25.0 Å². The molecule has 1 aromatic rings. The van der Waals surface area contributed by atoms with Crippen LogP contribution in [-0.2, 0) is 22.4 Å². The number of carbonyl (C=O) groups is 2. The standard InChI is InChI=1S/C14H20N2O3S/c1-3-5-9(15)12(17)16-13-11(14(18)19-2)8-6-4-7-10(8)20-13/h9H,3-7,15H2,1-2H3,(H,16,17). The number of thiophene rings is 1. The fourth-order valence-corrected chi connectivity index (χ4v) is 3.74. The van der Waals surface area contributed by atoms with Gasteiger partial charge >= 0.3 is 5.97 Å². The monoisotopic (exact) mass is 296 g/mol. The molecule has 0 aliphatic heterocycles. The lowest BCUT2D eigenvalue weighted by Gasteiger charge is -2.11. The third kappa shape index (κ3) is 2.86. The van der Waals surface area contributed by atoms with E-state index in [0.29, 0.717) is 17.0 Å². The number of hydrogen-bond donors (Lipinski definition) is 2. The Labute approximate surface area is 122 Å². The van der Waals surface area contributed by atoms with Crippen LogP contribution in [0.5, 0.6) is 0 Å². The fourth-order valence-electron chi connectivity index (χ4n) is 2.46. The molecule has 0 aromatic carbocycles. The maximum Gasteiger partial charge on any atom is 0.341 e. The van der Waals surface area contributed by atoms with Crippen molar-refractivity contribution >= 4 is 28.2 Å². The van der Waals surface area contributed by atoms with Gasteiger partial charge in [-0.25, -0.2) is 4.79 Å². The van der Waals surface area contributed by atoms with E-state index < -0.39 is 6.04 Å². The van der Waals surface area contributed by atoms with Crippen molar-refractivity contribution in [2.75, 3.05) is 12.4 Å². The molecule has 0 fully saturated rings. The highest BCUT2D eigenvalue weighted by Gasteiger charge is 2.28. The van der Waals surface area contributed by atoms with Crippen LogP contribution >= 0.6 is 11.3 Å². The van der Waals surface area contributed by atoms with Crippen molar-refractivity contribution in [2.24, 2.45) is 5.73 Å². The van der Waals surface area contributed by atoms with Crippen LogP contribution < -0.4 is 11.1 Å². The summed E-state index contributed by atoms with van der Waals surface area (Å²) in [6, 6.07) is -0.539. The SMILES string of the molecule is CCCC(N)C(=O)Nc1sc2c(c1C(=O)OC)CCC2. The lowest BCUT2D eigenvalue weighted by molar-refractivity contribution is -0.117. The first kappa shape index (κ1) is 15.0. The molecule has 3 N–H and O–H groups in total. The van der Waals surface area contributed by atoms with E-state index in [1.165, 1.54) is 23.3 Å². The predicted molar refractivity (Wildman–Crippen MR) is 79.2 cm³/mol. The van der Waals surface area contributed by atoms with Gasteiger partial charge in [0.25, 0.3) is 0 Å². The van der Waals surface area contributed by atoms with Crippen molar-refractivity contribution in [3.05, 3.63) is 16.0 Å². The van der Waals surface area contributed by atoms with Crippen LogP contribution in [0.3, 0.4) is 0 Å².